The lowest BCUT2D eigenvalue weighted by Gasteiger charge is -2.25. The van der Waals surface area contributed by atoms with Crippen LogP contribution in [0.1, 0.15) is 38.3 Å². The number of halogens is 1. The van der Waals surface area contributed by atoms with E-state index in [1.807, 2.05) is 38.1 Å². The SMILES string of the molecule is CC(C)C(O)C(CCCc1ccccc1Cl)n1cncn1. The van der Waals surface area contributed by atoms with Gasteiger partial charge in [0, 0.05) is 5.02 Å². The van der Waals surface area contributed by atoms with Crippen LogP contribution in [0, 0.1) is 5.92 Å². The molecule has 0 bridgehead atoms. The molecule has 1 N–H and O–H groups in total. The minimum Gasteiger partial charge on any atom is -0.391 e. The molecular formula is C16H22ClN3O. The zero-order chi connectivity index (χ0) is 15.2. The molecule has 0 aliphatic heterocycles. The van der Waals surface area contributed by atoms with Crippen LogP contribution in [0.3, 0.4) is 0 Å². The molecule has 0 aliphatic rings. The van der Waals surface area contributed by atoms with Gasteiger partial charge in [-0.1, -0.05) is 43.6 Å². The predicted octanol–water partition coefficient (Wildman–Crippen LogP) is 3.51. The van der Waals surface area contributed by atoms with Gasteiger partial charge >= 0.3 is 0 Å². The molecule has 0 fully saturated rings. The Hall–Kier alpha value is -1.39. The lowest BCUT2D eigenvalue weighted by Crippen LogP contribution is -2.29. The maximum absolute atomic E-state index is 10.4. The fraction of sp³-hybridized carbons (Fsp3) is 0.500. The van der Waals surface area contributed by atoms with E-state index < -0.39 is 6.10 Å². The fourth-order valence-corrected chi connectivity index (χ4v) is 2.73. The van der Waals surface area contributed by atoms with Crippen molar-refractivity contribution in [3.8, 4) is 0 Å². The van der Waals surface area contributed by atoms with Gasteiger partial charge in [0.05, 0.1) is 12.1 Å². The van der Waals surface area contributed by atoms with Crippen LogP contribution < -0.4 is 0 Å². The molecule has 2 atom stereocenters. The van der Waals surface area contributed by atoms with Gasteiger partial charge in [0.25, 0.3) is 0 Å². The first-order valence-electron chi connectivity index (χ1n) is 7.35. The highest BCUT2D eigenvalue weighted by Gasteiger charge is 2.24. The maximum Gasteiger partial charge on any atom is 0.137 e. The number of benzene rings is 1. The molecular weight excluding hydrogens is 286 g/mol. The van der Waals surface area contributed by atoms with Crippen LogP contribution in [0.4, 0.5) is 0 Å². The molecule has 114 valence electrons. The highest BCUT2D eigenvalue weighted by molar-refractivity contribution is 6.31. The fourth-order valence-electron chi connectivity index (χ4n) is 2.50. The molecule has 1 aromatic heterocycles. The van der Waals surface area contributed by atoms with Crippen molar-refractivity contribution < 1.29 is 5.11 Å². The van der Waals surface area contributed by atoms with Gasteiger partial charge in [-0.15, -0.1) is 0 Å². The van der Waals surface area contributed by atoms with E-state index in [0.717, 1.165) is 29.8 Å². The number of rotatable bonds is 7. The Labute approximate surface area is 130 Å². The van der Waals surface area contributed by atoms with Gasteiger partial charge in [-0.25, -0.2) is 9.67 Å². The first-order chi connectivity index (χ1) is 10.1. The molecule has 1 aromatic carbocycles. The Morgan fingerprint density at radius 1 is 1.29 bits per heavy atom. The molecule has 5 heteroatoms. The molecule has 2 rings (SSSR count). The van der Waals surface area contributed by atoms with E-state index in [2.05, 4.69) is 10.1 Å². The van der Waals surface area contributed by atoms with E-state index in [-0.39, 0.29) is 12.0 Å². The third kappa shape index (κ3) is 4.29. The summed E-state index contributed by atoms with van der Waals surface area (Å²) in [6.07, 6.45) is 5.43. The number of aryl methyl sites for hydroxylation is 1. The second-order valence-corrected chi connectivity index (χ2v) is 6.07. The lowest BCUT2D eigenvalue weighted by atomic mass is 9.94. The second-order valence-electron chi connectivity index (χ2n) is 5.66. The lowest BCUT2D eigenvalue weighted by molar-refractivity contribution is 0.0589. The van der Waals surface area contributed by atoms with E-state index >= 15 is 0 Å². The van der Waals surface area contributed by atoms with Gasteiger partial charge in [-0.05, 0) is 36.8 Å². The highest BCUT2D eigenvalue weighted by atomic mass is 35.5. The van der Waals surface area contributed by atoms with Crippen LogP contribution in [0.15, 0.2) is 36.9 Å². The third-order valence-corrected chi connectivity index (χ3v) is 4.13. The number of hydrogen-bond donors (Lipinski definition) is 1. The average molecular weight is 308 g/mol. The van der Waals surface area contributed by atoms with Crippen LogP contribution >= 0.6 is 11.6 Å². The first-order valence-corrected chi connectivity index (χ1v) is 7.73. The van der Waals surface area contributed by atoms with Gasteiger partial charge in [0.15, 0.2) is 0 Å². The van der Waals surface area contributed by atoms with Gasteiger partial charge in [0.1, 0.15) is 12.7 Å². The van der Waals surface area contributed by atoms with Gasteiger partial charge in [0.2, 0.25) is 0 Å². The van der Waals surface area contributed by atoms with E-state index in [4.69, 9.17) is 11.6 Å². The molecule has 0 saturated carbocycles. The van der Waals surface area contributed by atoms with Crippen molar-refractivity contribution in [1.82, 2.24) is 14.8 Å². The zero-order valence-corrected chi connectivity index (χ0v) is 13.2. The highest BCUT2D eigenvalue weighted by Crippen LogP contribution is 2.25. The van der Waals surface area contributed by atoms with Crippen LogP contribution in [-0.2, 0) is 6.42 Å². The van der Waals surface area contributed by atoms with Gasteiger partial charge in [-0.2, -0.15) is 5.10 Å². The Bertz CT molecular complexity index is 542. The van der Waals surface area contributed by atoms with E-state index in [1.165, 1.54) is 6.33 Å². The van der Waals surface area contributed by atoms with Gasteiger partial charge in [-0.3, -0.25) is 0 Å². The molecule has 2 unspecified atom stereocenters. The summed E-state index contributed by atoms with van der Waals surface area (Å²) < 4.78 is 1.76. The van der Waals surface area contributed by atoms with Gasteiger partial charge < -0.3 is 5.11 Å². The van der Waals surface area contributed by atoms with Crippen LogP contribution in [-0.4, -0.2) is 26.0 Å². The van der Waals surface area contributed by atoms with E-state index in [1.54, 1.807) is 11.0 Å². The third-order valence-electron chi connectivity index (χ3n) is 3.76. The van der Waals surface area contributed by atoms with E-state index in [0.29, 0.717) is 0 Å². The van der Waals surface area contributed by atoms with Crippen molar-refractivity contribution in [2.24, 2.45) is 5.92 Å². The Balaban J connectivity index is 1.98. The quantitative estimate of drug-likeness (QED) is 0.851. The zero-order valence-electron chi connectivity index (χ0n) is 12.5. The molecule has 2 aromatic rings. The monoisotopic (exact) mass is 307 g/mol. The Morgan fingerprint density at radius 2 is 2.05 bits per heavy atom. The maximum atomic E-state index is 10.4. The van der Waals surface area contributed by atoms with Crippen LogP contribution in [0.2, 0.25) is 5.02 Å². The van der Waals surface area contributed by atoms with Crippen LogP contribution in [0.5, 0.6) is 0 Å². The summed E-state index contributed by atoms with van der Waals surface area (Å²) in [6.45, 7) is 4.03. The summed E-state index contributed by atoms with van der Waals surface area (Å²) >= 11 is 6.18. The number of aromatic nitrogens is 3. The second kappa shape index (κ2) is 7.57. The molecule has 4 nitrogen and oxygen atoms in total. The van der Waals surface area contributed by atoms with Crippen LogP contribution in [0.25, 0.3) is 0 Å². The molecule has 0 aliphatic carbocycles. The van der Waals surface area contributed by atoms with Crippen molar-refractivity contribution in [2.75, 3.05) is 0 Å². The van der Waals surface area contributed by atoms with Crippen molar-refractivity contribution >= 4 is 11.6 Å². The molecule has 0 radical (unpaired) electrons. The normalized spacial score (nSPS) is 14.3. The number of nitrogens with zero attached hydrogens (tertiary/aromatic N) is 3. The first kappa shape index (κ1) is 16.0. The summed E-state index contributed by atoms with van der Waals surface area (Å²) in [4.78, 5) is 3.98. The minimum absolute atomic E-state index is 0.0463. The molecule has 1 heterocycles. The summed E-state index contributed by atoms with van der Waals surface area (Å²) in [5.41, 5.74) is 1.15. The molecule has 0 spiro atoms. The summed E-state index contributed by atoms with van der Waals surface area (Å²) in [7, 11) is 0. The molecule has 0 amide bonds. The van der Waals surface area contributed by atoms with E-state index in [9.17, 15) is 5.11 Å². The predicted molar refractivity (Wildman–Crippen MR) is 84.3 cm³/mol. The Kier molecular flexibility index (Phi) is 5.76. The van der Waals surface area contributed by atoms with Crippen molar-refractivity contribution in [3.05, 3.63) is 47.5 Å². The average Bonchev–Trinajstić information content (AvgIpc) is 2.98. The van der Waals surface area contributed by atoms with Crippen molar-refractivity contribution in [3.63, 3.8) is 0 Å². The number of hydrogen-bond acceptors (Lipinski definition) is 3. The summed E-state index contributed by atoms with van der Waals surface area (Å²) in [5, 5.41) is 15.4. The smallest absolute Gasteiger partial charge is 0.137 e. The van der Waals surface area contributed by atoms with Crippen molar-refractivity contribution in [1.29, 1.82) is 0 Å². The minimum atomic E-state index is -0.432. The topological polar surface area (TPSA) is 50.9 Å². The largest absolute Gasteiger partial charge is 0.391 e. The van der Waals surface area contributed by atoms with Crippen molar-refractivity contribution in [2.45, 2.75) is 45.3 Å². The number of aliphatic hydroxyl groups excluding tert-OH is 1. The summed E-state index contributed by atoms with van der Waals surface area (Å²) in [5.74, 6) is 0.180. The summed E-state index contributed by atoms with van der Waals surface area (Å²) in [6, 6.07) is 7.85. The molecule has 0 saturated heterocycles. The standard InChI is InChI=1S/C16H22ClN3O/c1-12(2)16(21)15(20-11-18-10-19-20)9-5-7-13-6-3-4-8-14(13)17/h3-4,6,8,10-12,15-16,21H,5,7,9H2,1-2H3. The Morgan fingerprint density at radius 3 is 2.67 bits per heavy atom. The number of aliphatic hydroxyl groups is 1. The molecule has 21 heavy (non-hydrogen) atoms.